The summed E-state index contributed by atoms with van der Waals surface area (Å²) < 4.78 is 13.2. The molecule has 1 unspecified atom stereocenters. The highest BCUT2D eigenvalue weighted by atomic mass is 19.1. The highest BCUT2D eigenvalue weighted by molar-refractivity contribution is 5.41. The Kier molecular flexibility index (Phi) is 6.71. The van der Waals surface area contributed by atoms with Crippen molar-refractivity contribution in [1.29, 1.82) is 0 Å². The fourth-order valence-corrected chi connectivity index (χ4v) is 4.27. The van der Waals surface area contributed by atoms with Crippen molar-refractivity contribution in [3.05, 3.63) is 95.3 Å². The molecule has 2 aromatic carbocycles. The van der Waals surface area contributed by atoms with E-state index in [2.05, 4.69) is 38.8 Å². The van der Waals surface area contributed by atoms with E-state index >= 15 is 0 Å². The van der Waals surface area contributed by atoms with E-state index in [4.69, 9.17) is 0 Å². The molecule has 0 spiro atoms. The second kappa shape index (κ2) is 9.82. The molecule has 0 amide bonds. The molecule has 0 aliphatic carbocycles. The normalized spacial score (nSPS) is 18.9. The summed E-state index contributed by atoms with van der Waals surface area (Å²) in [5.74, 6) is 5.99. The van der Waals surface area contributed by atoms with Crippen molar-refractivity contribution < 1.29 is 9.50 Å². The summed E-state index contributed by atoms with van der Waals surface area (Å²) in [5, 5.41) is 10.2. The molecule has 1 atom stereocenters. The topological polar surface area (TPSA) is 49.2 Å². The molecule has 4 rings (SSSR count). The monoisotopic (exact) mass is 415 g/mol. The van der Waals surface area contributed by atoms with Crippen molar-refractivity contribution in [3.8, 4) is 11.8 Å². The Hall–Kier alpha value is -3.07. The molecule has 1 aromatic heterocycles. The first kappa shape index (κ1) is 21.2. The minimum atomic E-state index is -0.225. The molecule has 31 heavy (non-hydrogen) atoms. The zero-order valence-corrected chi connectivity index (χ0v) is 17.5. The summed E-state index contributed by atoms with van der Waals surface area (Å²) in [7, 11) is 0. The first-order valence-corrected chi connectivity index (χ1v) is 10.6. The number of hydrogen-bond donors (Lipinski definition) is 1. The lowest BCUT2D eigenvalue weighted by molar-refractivity contribution is 0.0288. The average molecular weight is 416 g/mol. The predicted octanol–water partition coefficient (Wildman–Crippen LogP) is 3.83. The third kappa shape index (κ3) is 5.75. The van der Waals surface area contributed by atoms with Crippen molar-refractivity contribution in [2.75, 3.05) is 19.7 Å². The Labute approximate surface area is 182 Å². The van der Waals surface area contributed by atoms with Gasteiger partial charge in [0, 0.05) is 36.5 Å². The summed E-state index contributed by atoms with van der Waals surface area (Å²) in [5.41, 5.74) is 3.86. The first-order valence-electron chi connectivity index (χ1n) is 10.6. The Morgan fingerprint density at radius 3 is 2.32 bits per heavy atom. The number of hydrogen-bond acceptors (Lipinski definition) is 4. The van der Waals surface area contributed by atoms with Gasteiger partial charge in [-0.1, -0.05) is 36.1 Å². The van der Waals surface area contributed by atoms with E-state index in [1.54, 1.807) is 12.4 Å². The fourth-order valence-electron chi connectivity index (χ4n) is 4.27. The second-order valence-corrected chi connectivity index (χ2v) is 8.35. The van der Waals surface area contributed by atoms with Gasteiger partial charge in [-0.25, -0.2) is 14.4 Å². The third-order valence-electron chi connectivity index (χ3n) is 5.84. The largest absolute Gasteiger partial charge is 0.396 e. The molecular weight excluding hydrogens is 389 g/mol. The Balaban J connectivity index is 1.39. The molecule has 0 saturated carbocycles. The van der Waals surface area contributed by atoms with Crippen molar-refractivity contribution in [2.24, 2.45) is 5.41 Å². The minimum absolute atomic E-state index is 0.138. The molecule has 1 fully saturated rings. The van der Waals surface area contributed by atoms with Gasteiger partial charge in [-0.15, -0.1) is 0 Å². The van der Waals surface area contributed by atoms with Gasteiger partial charge < -0.3 is 5.11 Å². The van der Waals surface area contributed by atoms with E-state index in [0.717, 1.165) is 55.6 Å². The molecule has 158 valence electrons. The average Bonchev–Trinajstić information content (AvgIpc) is 2.81. The van der Waals surface area contributed by atoms with Crippen LogP contribution in [-0.2, 0) is 13.0 Å². The summed E-state index contributed by atoms with van der Waals surface area (Å²) in [6, 6.07) is 14.9. The lowest BCUT2D eigenvalue weighted by Gasteiger charge is -2.42. The molecular formula is C26H26FN3O. The lowest BCUT2D eigenvalue weighted by atomic mass is 9.75. The summed E-state index contributed by atoms with van der Waals surface area (Å²) in [6.45, 7) is 2.82. The maximum absolute atomic E-state index is 13.2. The van der Waals surface area contributed by atoms with Crippen LogP contribution in [0.4, 0.5) is 4.39 Å². The van der Waals surface area contributed by atoms with Gasteiger partial charge in [0.25, 0.3) is 0 Å². The van der Waals surface area contributed by atoms with E-state index in [-0.39, 0.29) is 17.8 Å². The van der Waals surface area contributed by atoms with Crippen LogP contribution in [0.2, 0.25) is 0 Å². The zero-order valence-electron chi connectivity index (χ0n) is 17.5. The lowest BCUT2D eigenvalue weighted by Crippen LogP contribution is -2.46. The second-order valence-electron chi connectivity index (χ2n) is 8.35. The van der Waals surface area contributed by atoms with Gasteiger partial charge in [0.15, 0.2) is 0 Å². The molecule has 2 heterocycles. The van der Waals surface area contributed by atoms with Gasteiger partial charge in [0.05, 0.1) is 12.2 Å². The number of benzene rings is 2. The molecule has 0 radical (unpaired) electrons. The molecule has 3 aromatic rings. The molecule has 0 bridgehead atoms. The number of piperidine rings is 1. The number of likely N-dealkylation sites (tertiary alicyclic amines) is 1. The van der Waals surface area contributed by atoms with Crippen LogP contribution < -0.4 is 0 Å². The number of halogens is 1. The molecule has 1 aliphatic heterocycles. The van der Waals surface area contributed by atoms with Gasteiger partial charge in [-0.2, -0.15) is 0 Å². The van der Waals surface area contributed by atoms with E-state index < -0.39 is 0 Å². The minimum Gasteiger partial charge on any atom is -0.396 e. The number of aliphatic hydroxyl groups is 1. The maximum Gasteiger partial charge on any atom is 0.123 e. The molecule has 1 N–H and O–H groups in total. The SMILES string of the molecule is OCC1(Cc2ccc(F)cc2)CCCN(Cc2ccc(C#Cc3cncnc3)cc2)C1. The molecule has 1 saturated heterocycles. The van der Waals surface area contributed by atoms with Gasteiger partial charge in [-0.3, -0.25) is 4.90 Å². The fraction of sp³-hybridized carbons (Fsp3) is 0.308. The van der Waals surface area contributed by atoms with E-state index in [0.29, 0.717) is 0 Å². The standard InChI is InChI=1S/C26H26FN3O/c27-25-10-8-22(9-11-25)14-26(19-31)12-1-13-30(18-26)17-23-5-2-21(3-6-23)4-7-24-15-28-20-29-16-24/h2-3,5-6,8-11,15-16,20,31H,1,12-14,17-19H2. The summed E-state index contributed by atoms with van der Waals surface area (Å²) in [4.78, 5) is 10.4. The number of aromatic nitrogens is 2. The van der Waals surface area contributed by atoms with Gasteiger partial charge in [0.1, 0.15) is 12.1 Å². The number of aliphatic hydroxyl groups excluding tert-OH is 1. The van der Waals surface area contributed by atoms with Crippen molar-refractivity contribution in [3.63, 3.8) is 0 Å². The van der Waals surface area contributed by atoms with Crippen LogP contribution in [-0.4, -0.2) is 39.7 Å². The van der Waals surface area contributed by atoms with Crippen LogP contribution >= 0.6 is 0 Å². The maximum atomic E-state index is 13.2. The Morgan fingerprint density at radius 1 is 0.935 bits per heavy atom. The first-order chi connectivity index (χ1) is 15.1. The van der Waals surface area contributed by atoms with Crippen molar-refractivity contribution >= 4 is 0 Å². The molecule has 1 aliphatic rings. The highest BCUT2D eigenvalue weighted by Crippen LogP contribution is 2.34. The quantitative estimate of drug-likeness (QED) is 0.644. The zero-order chi connectivity index (χ0) is 21.5. The smallest absolute Gasteiger partial charge is 0.123 e. The third-order valence-corrected chi connectivity index (χ3v) is 5.84. The van der Waals surface area contributed by atoms with Gasteiger partial charge in [-0.05, 0) is 61.2 Å². The number of nitrogens with zero attached hydrogens (tertiary/aromatic N) is 3. The number of rotatable bonds is 5. The molecule has 4 nitrogen and oxygen atoms in total. The summed E-state index contributed by atoms with van der Waals surface area (Å²) >= 11 is 0. The van der Waals surface area contributed by atoms with Gasteiger partial charge in [0.2, 0.25) is 0 Å². The molecule has 5 heteroatoms. The van der Waals surface area contributed by atoms with E-state index in [9.17, 15) is 9.50 Å². The van der Waals surface area contributed by atoms with Crippen LogP contribution in [0.3, 0.4) is 0 Å². The van der Waals surface area contributed by atoms with Gasteiger partial charge >= 0.3 is 0 Å². The Morgan fingerprint density at radius 2 is 1.61 bits per heavy atom. The van der Waals surface area contributed by atoms with Crippen LogP contribution in [0.15, 0.2) is 67.3 Å². The van der Waals surface area contributed by atoms with Crippen LogP contribution in [0.5, 0.6) is 0 Å². The van der Waals surface area contributed by atoms with Crippen LogP contribution in [0.25, 0.3) is 0 Å². The highest BCUT2D eigenvalue weighted by Gasteiger charge is 2.35. The predicted molar refractivity (Wildman–Crippen MR) is 119 cm³/mol. The van der Waals surface area contributed by atoms with E-state index in [1.807, 2.05) is 24.3 Å². The summed E-state index contributed by atoms with van der Waals surface area (Å²) in [6.07, 6.45) is 7.68. The Bertz CT molecular complexity index is 1040. The van der Waals surface area contributed by atoms with Crippen molar-refractivity contribution in [2.45, 2.75) is 25.8 Å². The van der Waals surface area contributed by atoms with Crippen LogP contribution in [0.1, 0.15) is 35.1 Å². The van der Waals surface area contributed by atoms with Crippen LogP contribution in [0, 0.1) is 23.1 Å². The van der Waals surface area contributed by atoms with E-state index in [1.165, 1.54) is 24.0 Å². The van der Waals surface area contributed by atoms with Crippen molar-refractivity contribution in [1.82, 2.24) is 14.9 Å².